The van der Waals surface area contributed by atoms with E-state index in [9.17, 15) is 4.79 Å². The van der Waals surface area contributed by atoms with E-state index in [-0.39, 0.29) is 11.3 Å². The molecule has 1 amide bonds. The van der Waals surface area contributed by atoms with Gasteiger partial charge in [-0.25, -0.2) is 4.98 Å². The lowest BCUT2D eigenvalue weighted by Crippen LogP contribution is -2.58. The van der Waals surface area contributed by atoms with Crippen LogP contribution in [0.4, 0.5) is 5.82 Å². The zero-order valence-electron chi connectivity index (χ0n) is 10.6. The number of carbonyl (C=O) groups is 1. The van der Waals surface area contributed by atoms with E-state index >= 15 is 0 Å². The highest BCUT2D eigenvalue weighted by Gasteiger charge is 2.61. The average molecular weight is 352 g/mol. The second kappa shape index (κ2) is 4.18. The van der Waals surface area contributed by atoms with E-state index in [0.717, 1.165) is 40.4 Å². The highest BCUT2D eigenvalue weighted by Crippen LogP contribution is 2.64. The number of halogens is 2. The van der Waals surface area contributed by atoms with Gasteiger partial charge in [0.1, 0.15) is 5.82 Å². The van der Waals surface area contributed by atoms with Crippen molar-refractivity contribution >= 4 is 50.0 Å². The van der Waals surface area contributed by atoms with E-state index in [1.165, 1.54) is 0 Å². The fraction of sp³-hybridized carbons (Fsp3) is 0.333. The molecule has 3 aliphatic rings. The number of amides is 1. The third kappa shape index (κ3) is 1.78. The molecule has 0 radical (unpaired) electrons. The first kappa shape index (κ1) is 12.6. The van der Waals surface area contributed by atoms with Gasteiger partial charge in [0.15, 0.2) is 0 Å². The summed E-state index contributed by atoms with van der Waals surface area (Å²) in [6, 6.07) is 5.69. The van der Waals surface area contributed by atoms with Crippen LogP contribution in [0.5, 0.6) is 0 Å². The van der Waals surface area contributed by atoms with Gasteiger partial charge in [0.2, 0.25) is 5.91 Å². The van der Waals surface area contributed by atoms with Crippen LogP contribution in [0.3, 0.4) is 0 Å². The zero-order chi connectivity index (χ0) is 13.9. The predicted octanol–water partition coefficient (Wildman–Crippen LogP) is 4.39. The van der Waals surface area contributed by atoms with Crippen LogP contribution in [0.2, 0.25) is 5.02 Å². The van der Waals surface area contributed by atoms with Gasteiger partial charge in [-0.1, -0.05) is 11.6 Å². The first-order valence-corrected chi connectivity index (χ1v) is 7.79. The predicted molar refractivity (Wildman–Crippen MR) is 82.9 cm³/mol. The van der Waals surface area contributed by atoms with Gasteiger partial charge in [-0.15, -0.1) is 0 Å². The summed E-state index contributed by atoms with van der Waals surface area (Å²) in [7, 11) is 0. The van der Waals surface area contributed by atoms with Crippen molar-refractivity contribution in [2.24, 2.45) is 11.3 Å². The number of anilines is 1. The van der Waals surface area contributed by atoms with Crippen LogP contribution in [-0.4, -0.2) is 10.9 Å². The molecule has 1 N–H and O–H groups in total. The SMILES string of the molecule is O=C(Nc1cc2cc(Br)c(Cl)cc2cn1)C12CC(C1)C2. The van der Waals surface area contributed by atoms with E-state index < -0.39 is 0 Å². The topological polar surface area (TPSA) is 42.0 Å². The number of aromatic nitrogens is 1. The van der Waals surface area contributed by atoms with Crippen LogP contribution in [0.25, 0.3) is 10.8 Å². The summed E-state index contributed by atoms with van der Waals surface area (Å²) in [4.78, 5) is 16.5. The van der Waals surface area contributed by atoms with E-state index in [1.54, 1.807) is 6.20 Å². The lowest BCUT2D eigenvalue weighted by atomic mass is 9.44. The van der Waals surface area contributed by atoms with Gasteiger partial charge in [-0.3, -0.25) is 4.79 Å². The van der Waals surface area contributed by atoms with Crippen molar-refractivity contribution in [1.29, 1.82) is 0 Å². The molecule has 1 aromatic heterocycles. The lowest BCUT2D eigenvalue weighted by molar-refractivity contribution is -0.158. The molecule has 3 nitrogen and oxygen atoms in total. The standard InChI is InChI=1S/C15H12BrClN2O/c16-11-1-9-3-13(18-7-10(9)2-12(11)17)19-14(20)15-4-8(5-15)6-15/h1-3,7-8H,4-6H2,(H,18,19,20). The number of nitrogens with one attached hydrogen (secondary N) is 1. The summed E-state index contributed by atoms with van der Waals surface area (Å²) in [5.41, 5.74) is -0.0815. The van der Waals surface area contributed by atoms with Crippen molar-refractivity contribution in [3.8, 4) is 0 Å². The van der Waals surface area contributed by atoms with Crippen molar-refractivity contribution in [3.05, 3.63) is 33.9 Å². The Balaban J connectivity index is 1.63. The summed E-state index contributed by atoms with van der Waals surface area (Å²) in [5.74, 6) is 1.53. The largest absolute Gasteiger partial charge is 0.310 e. The fourth-order valence-electron chi connectivity index (χ4n) is 3.21. The average Bonchev–Trinajstić information content (AvgIpc) is 2.27. The van der Waals surface area contributed by atoms with Crippen molar-refractivity contribution < 1.29 is 4.79 Å². The number of benzene rings is 1. The molecular weight excluding hydrogens is 340 g/mol. The lowest BCUT2D eigenvalue weighted by Gasteiger charge is -2.59. The third-order valence-corrected chi connectivity index (χ3v) is 5.72. The van der Waals surface area contributed by atoms with Gasteiger partial charge < -0.3 is 5.32 Å². The molecular formula is C15H12BrClN2O. The summed E-state index contributed by atoms with van der Waals surface area (Å²) in [6.07, 6.45) is 4.89. The number of fused-ring (bicyclic) bond motifs is 1. The van der Waals surface area contributed by atoms with Crippen LogP contribution in [0.1, 0.15) is 19.3 Å². The molecule has 3 fully saturated rings. The first-order valence-electron chi connectivity index (χ1n) is 6.62. The van der Waals surface area contributed by atoms with Crippen molar-refractivity contribution in [2.45, 2.75) is 19.3 Å². The molecule has 3 aliphatic carbocycles. The van der Waals surface area contributed by atoms with Gasteiger partial charge >= 0.3 is 0 Å². The third-order valence-electron chi connectivity index (χ3n) is 4.52. The monoisotopic (exact) mass is 350 g/mol. The van der Waals surface area contributed by atoms with Crippen LogP contribution in [0.15, 0.2) is 28.9 Å². The minimum absolute atomic E-state index is 0.0815. The molecule has 0 spiro atoms. The summed E-state index contributed by atoms with van der Waals surface area (Å²) in [5, 5.41) is 5.57. The second-order valence-electron chi connectivity index (χ2n) is 5.90. The maximum absolute atomic E-state index is 12.2. The summed E-state index contributed by atoms with van der Waals surface area (Å²) in [6.45, 7) is 0. The Hall–Kier alpha value is -1.13. The van der Waals surface area contributed by atoms with E-state index in [0.29, 0.717) is 10.8 Å². The van der Waals surface area contributed by atoms with E-state index in [1.807, 2.05) is 18.2 Å². The molecule has 102 valence electrons. The minimum Gasteiger partial charge on any atom is -0.310 e. The molecule has 5 rings (SSSR count). The van der Waals surface area contributed by atoms with E-state index in [2.05, 4.69) is 26.2 Å². The Labute approximate surface area is 129 Å². The highest BCUT2D eigenvalue weighted by atomic mass is 79.9. The summed E-state index contributed by atoms with van der Waals surface area (Å²) < 4.78 is 0.842. The molecule has 5 heteroatoms. The van der Waals surface area contributed by atoms with E-state index in [4.69, 9.17) is 11.6 Å². The number of pyridine rings is 1. The van der Waals surface area contributed by atoms with Gasteiger partial charge in [0.25, 0.3) is 0 Å². The maximum Gasteiger partial charge on any atom is 0.231 e. The number of hydrogen-bond donors (Lipinski definition) is 1. The highest BCUT2D eigenvalue weighted by molar-refractivity contribution is 9.10. The molecule has 1 heterocycles. The van der Waals surface area contributed by atoms with Crippen LogP contribution < -0.4 is 5.32 Å². The smallest absolute Gasteiger partial charge is 0.231 e. The zero-order valence-corrected chi connectivity index (χ0v) is 13.0. The number of hydrogen-bond acceptors (Lipinski definition) is 2. The Morgan fingerprint density at radius 1 is 1.30 bits per heavy atom. The fourth-order valence-corrected chi connectivity index (χ4v) is 3.74. The molecule has 2 aromatic rings. The normalized spacial score (nSPS) is 26.8. The quantitative estimate of drug-likeness (QED) is 0.872. The van der Waals surface area contributed by atoms with Gasteiger partial charge in [-0.2, -0.15) is 0 Å². The van der Waals surface area contributed by atoms with Gasteiger partial charge in [-0.05, 0) is 64.7 Å². The van der Waals surface area contributed by atoms with Gasteiger partial charge in [0, 0.05) is 16.1 Å². The molecule has 0 saturated heterocycles. The van der Waals surface area contributed by atoms with Crippen molar-refractivity contribution in [3.63, 3.8) is 0 Å². The van der Waals surface area contributed by atoms with Crippen LogP contribution in [-0.2, 0) is 4.79 Å². The Kier molecular flexibility index (Phi) is 2.63. The molecule has 0 unspecified atom stereocenters. The van der Waals surface area contributed by atoms with Crippen LogP contribution in [0, 0.1) is 11.3 Å². The van der Waals surface area contributed by atoms with Crippen LogP contribution >= 0.6 is 27.5 Å². The molecule has 2 bridgehead atoms. The number of carbonyl (C=O) groups excluding carboxylic acids is 1. The minimum atomic E-state index is -0.0815. The second-order valence-corrected chi connectivity index (χ2v) is 7.16. The van der Waals surface area contributed by atoms with Gasteiger partial charge in [0.05, 0.1) is 10.4 Å². The molecule has 1 aromatic carbocycles. The number of rotatable bonds is 2. The maximum atomic E-state index is 12.2. The molecule has 0 atom stereocenters. The summed E-state index contributed by atoms with van der Waals surface area (Å²) >= 11 is 9.47. The van der Waals surface area contributed by atoms with Crippen molar-refractivity contribution in [1.82, 2.24) is 4.98 Å². The first-order chi connectivity index (χ1) is 9.56. The Morgan fingerprint density at radius 2 is 2.05 bits per heavy atom. The molecule has 3 saturated carbocycles. The molecule has 20 heavy (non-hydrogen) atoms. The molecule has 0 aliphatic heterocycles. The Bertz CT molecular complexity index is 729. The van der Waals surface area contributed by atoms with Crippen molar-refractivity contribution in [2.75, 3.05) is 5.32 Å². The Morgan fingerprint density at radius 3 is 2.70 bits per heavy atom. The number of nitrogens with zero attached hydrogens (tertiary/aromatic N) is 1.